The number of nitrogens with one attached hydrogen (secondary N) is 2. The van der Waals surface area contributed by atoms with Crippen molar-refractivity contribution in [1.29, 1.82) is 0 Å². The fourth-order valence-corrected chi connectivity index (χ4v) is 8.64. The predicted octanol–water partition coefficient (Wildman–Crippen LogP) is 17.2. The van der Waals surface area contributed by atoms with Crippen LogP contribution in [0.15, 0.2) is 152 Å². The molecule has 0 saturated carbocycles. The van der Waals surface area contributed by atoms with E-state index in [1.54, 1.807) is 0 Å². The quantitative estimate of drug-likeness (QED) is 0.142. The van der Waals surface area contributed by atoms with Crippen LogP contribution in [0.25, 0.3) is 49.9 Å². The summed E-state index contributed by atoms with van der Waals surface area (Å²) in [6.07, 6.45) is 1.87. The molecule has 0 saturated heterocycles. The number of pyridine rings is 1. The first-order valence-corrected chi connectivity index (χ1v) is 22.8. The maximum Gasteiger partial charge on any atom is 0.137 e. The standard InChI is InChI=1S/C59H54F4N4O/c1-57(2,3)37-20-21-64-55(30-37)67-53-17-13-10-14-47(53)48-19-18-45(34-54(48)67)68-46-27-38(58(4,5)6)26-44(33-46)65-51-15-11-12-16-52(51)66-56-49(35-22-40(60)31-41(61)23-35)28-39(59(7,8)9)29-50(56)36-24-42(62)32-43(63)25-36/h10-34,65-66H,1-9H3. The molecule has 68 heavy (non-hydrogen) atoms. The van der Waals surface area contributed by atoms with Crippen LogP contribution < -0.4 is 15.4 Å². The second-order valence-corrected chi connectivity index (χ2v) is 20.6. The van der Waals surface area contributed by atoms with Crippen LogP contribution in [0.4, 0.5) is 40.3 Å². The average molecular weight is 911 g/mol. The summed E-state index contributed by atoms with van der Waals surface area (Å²) in [6, 6.07) is 42.7. The predicted molar refractivity (Wildman–Crippen MR) is 271 cm³/mol. The fraction of sp³-hybridized carbons (Fsp3) is 0.203. The van der Waals surface area contributed by atoms with Gasteiger partial charge in [0.2, 0.25) is 0 Å². The van der Waals surface area contributed by atoms with E-state index in [2.05, 4.69) is 105 Å². The Morgan fingerprint density at radius 3 is 1.57 bits per heavy atom. The van der Waals surface area contributed by atoms with Crippen molar-refractivity contribution in [3.05, 3.63) is 192 Å². The summed E-state index contributed by atoms with van der Waals surface area (Å²) in [5, 5.41) is 9.36. The Balaban J connectivity index is 1.14. The lowest BCUT2D eigenvalue weighted by atomic mass is 9.82. The van der Waals surface area contributed by atoms with Gasteiger partial charge in [0.25, 0.3) is 0 Å². The van der Waals surface area contributed by atoms with Gasteiger partial charge in [-0.2, -0.15) is 0 Å². The molecule has 0 atom stereocenters. The minimum absolute atomic E-state index is 0.0676. The number of nitrogens with zero attached hydrogens (tertiary/aromatic N) is 2. The lowest BCUT2D eigenvalue weighted by Crippen LogP contribution is -2.13. The van der Waals surface area contributed by atoms with Gasteiger partial charge >= 0.3 is 0 Å². The third kappa shape index (κ3) is 9.43. The molecule has 0 fully saturated rings. The van der Waals surface area contributed by atoms with Crippen molar-refractivity contribution in [2.24, 2.45) is 0 Å². The molecule has 7 aromatic carbocycles. The second kappa shape index (κ2) is 17.4. The summed E-state index contributed by atoms with van der Waals surface area (Å²) in [7, 11) is 0. The molecular formula is C59H54F4N4O. The largest absolute Gasteiger partial charge is 0.457 e. The van der Waals surface area contributed by atoms with Crippen LogP contribution >= 0.6 is 0 Å². The van der Waals surface area contributed by atoms with Crippen molar-refractivity contribution in [3.8, 4) is 39.6 Å². The van der Waals surface area contributed by atoms with Gasteiger partial charge in [-0.1, -0.05) is 92.6 Å². The van der Waals surface area contributed by atoms with Crippen LogP contribution in [0.1, 0.15) is 79.0 Å². The van der Waals surface area contributed by atoms with Crippen molar-refractivity contribution in [1.82, 2.24) is 9.55 Å². The smallest absolute Gasteiger partial charge is 0.137 e. The monoisotopic (exact) mass is 910 g/mol. The highest BCUT2D eigenvalue weighted by atomic mass is 19.1. The number of para-hydroxylation sites is 3. The number of halogens is 4. The van der Waals surface area contributed by atoms with Crippen LogP contribution in [0.5, 0.6) is 11.5 Å². The number of anilines is 4. The van der Waals surface area contributed by atoms with E-state index < -0.39 is 28.7 Å². The first kappa shape index (κ1) is 45.8. The Labute approximate surface area is 395 Å². The molecule has 0 unspecified atom stereocenters. The third-order valence-corrected chi connectivity index (χ3v) is 12.3. The number of hydrogen-bond acceptors (Lipinski definition) is 4. The molecule has 0 aliphatic rings. The van der Waals surface area contributed by atoms with Gasteiger partial charge in [0.15, 0.2) is 0 Å². The highest BCUT2D eigenvalue weighted by Gasteiger charge is 2.24. The van der Waals surface area contributed by atoms with Crippen LogP contribution in [-0.2, 0) is 16.2 Å². The molecule has 0 aliphatic carbocycles. The Kier molecular flexibility index (Phi) is 11.7. The minimum atomic E-state index is -0.755. The molecular weight excluding hydrogens is 857 g/mol. The highest BCUT2D eigenvalue weighted by Crippen LogP contribution is 2.45. The van der Waals surface area contributed by atoms with E-state index in [4.69, 9.17) is 9.72 Å². The van der Waals surface area contributed by atoms with Gasteiger partial charge < -0.3 is 15.4 Å². The molecule has 0 aliphatic heterocycles. The molecule has 2 aromatic heterocycles. The summed E-state index contributed by atoms with van der Waals surface area (Å²) < 4.78 is 69.0. The Bertz CT molecular complexity index is 3280. The van der Waals surface area contributed by atoms with Crippen LogP contribution in [0.3, 0.4) is 0 Å². The lowest BCUT2D eigenvalue weighted by molar-refractivity contribution is 0.479. The lowest BCUT2D eigenvalue weighted by Gasteiger charge is -2.26. The van der Waals surface area contributed by atoms with Gasteiger partial charge in [0, 0.05) is 58.0 Å². The summed E-state index contributed by atoms with van der Waals surface area (Å²) in [5.74, 6) is -0.935. The maximum atomic E-state index is 15.0. The number of ether oxygens (including phenoxy) is 1. The van der Waals surface area contributed by atoms with E-state index >= 15 is 0 Å². The van der Waals surface area contributed by atoms with Gasteiger partial charge in [0.1, 0.15) is 40.6 Å². The molecule has 0 amide bonds. The molecule has 2 N–H and O–H groups in total. The normalized spacial score (nSPS) is 12.2. The number of benzene rings is 7. The summed E-state index contributed by atoms with van der Waals surface area (Å²) in [5.41, 5.74) is 8.03. The van der Waals surface area contributed by atoms with Gasteiger partial charge in [0.05, 0.1) is 28.1 Å². The number of hydrogen-bond donors (Lipinski definition) is 2. The molecule has 2 heterocycles. The van der Waals surface area contributed by atoms with E-state index in [0.717, 1.165) is 56.6 Å². The SMILES string of the molecule is CC(C)(C)c1cc(Nc2ccccc2Nc2c(-c3cc(F)cc(F)c3)cc(C(C)(C)C)cc2-c2cc(F)cc(F)c2)cc(Oc2ccc3c4ccccc4n(-c4cc(C(C)(C)C)ccn4)c3c2)c1. The third-order valence-electron chi connectivity index (χ3n) is 12.3. The van der Waals surface area contributed by atoms with Crippen molar-refractivity contribution < 1.29 is 22.3 Å². The molecule has 0 bridgehead atoms. The Hall–Kier alpha value is -7.39. The van der Waals surface area contributed by atoms with E-state index in [1.165, 1.54) is 29.8 Å². The fourth-order valence-electron chi connectivity index (χ4n) is 8.64. The zero-order chi connectivity index (χ0) is 48.3. The van der Waals surface area contributed by atoms with Crippen LogP contribution in [0, 0.1) is 23.3 Å². The molecule has 5 nitrogen and oxygen atoms in total. The Morgan fingerprint density at radius 1 is 0.456 bits per heavy atom. The summed E-state index contributed by atoms with van der Waals surface area (Å²) in [6.45, 7) is 19.0. The van der Waals surface area contributed by atoms with Crippen molar-refractivity contribution in [2.75, 3.05) is 10.6 Å². The van der Waals surface area contributed by atoms with Crippen molar-refractivity contribution in [2.45, 2.75) is 78.6 Å². The topological polar surface area (TPSA) is 51.1 Å². The minimum Gasteiger partial charge on any atom is -0.457 e. The van der Waals surface area contributed by atoms with E-state index in [0.29, 0.717) is 39.7 Å². The highest BCUT2D eigenvalue weighted by molar-refractivity contribution is 6.09. The van der Waals surface area contributed by atoms with Crippen LogP contribution in [0.2, 0.25) is 0 Å². The first-order chi connectivity index (χ1) is 32.2. The van der Waals surface area contributed by atoms with Gasteiger partial charge in [-0.05, 0) is 135 Å². The average Bonchev–Trinajstić information content (AvgIpc) is 3.59. The van der Waals surface area contributed by atoms with Crippen molar-refractivity contribution >= 4 is 44.6 Å². The molecule has 9 aromatic rings. The summed E-state index contributed by atoms with van der Waals surface area (Å²) >= 11 is 0. The van der Waals surface area contributed by atoms with E-state index in [1.807, 2.05) is 87.6 Å². The molecule has 344 valence electrons. The number of fused-ring (bicyclic) bond motifs is 3. The summed E-state index contributed by atoms with van der Waals surface area (Å²) in [4.78, 5) is 4.85. The van der Waals surface area contributed by atoms with Gasteiger partial charge in [-0.25, -0.2) is 22.5 Å². The van der Waals surface area contributed by atoms with E-state index in [9.17, 15) is 17.6 Å². The molecule has 9 heteroatoms. The van der Waals surface area contributed by atoms with E-state index in [-0.39, 0.29) is 22.0 Å². The first-order valence-electron chi connectivity index (χ1n) is 22.8. The number of aromatic nitrogens is 2. The molecule has 9 rings (SSSR count). The zero-order valence-corrected chi connectivity index (χ0v) is 39.7. The zero-order valence-electron chi connectivity index (χ0n) is 39.7. The van der Waals surface area contributed by atoms with Gasteiger partial charge in [-0.3, -0.25) is 4.57 Å². The van der Waals surface area contributed by atoms with Gasteiger partial charge in [-0.15, -0.1) is 0 Å². The molecule has 0 radical (unpaired) electrons. The second-order valence-electron chi connectivity index (χ2n) is 20.6. The maximum absolute atomic E-state index is 15.0. The number of rotatable bonds is 9. The molecule has 0 spiro atoms. The van der Waals surface area contributed by atoms with Crippen molar-refractivity contribution in [3.63, 3.8) is 0 Å². The Morgan fingerprint density at radius 2 is 0.985 bits per heavy atom. The van der Waals surface area contributed by atoms with Crippen LogP contribution in [-0.4, -0.2) is 9.55 Å².